The van der Waals surface area contributed by atoms with Gasteiger partial charge in [-0.15, -0.1) is 0 Å². The Balaban J connectivity index is 1.70. The third-order valence-corrected chi connectivity index (χ3v) is 6.08. The zero-order chi connectivity index (χ0) is 21.1. The molecular weight excluding hydrogens is 388 g/mol. The van der Waals surface area contributed by atoms with Crippen molar-refractivity contribution in [3.05, 3.63) is 24.3 Å². The van der Waals surface area contributed by atoms with E-state index in [-0.39, 0.29) is 11.7 Å². The zero-order valence-electron chi connectivity index (χ0n) is 18.2. The van der Waals surface area contributed by atoms with Gasteiger partial charge in [0.15, 0.2) is 0 Å². The molecule has 1 atom stereocenters. The molecule has 0 bridgehead atoms. The highest BCUT2D eigenvalue weighted by Gasteiger charge is 2.34. The van der Waals surface area contributed by atoms with E-state index in [2.05, 4.69) is 42.5 Å². The van der Waals surface area contributed by atoms with Gasteiger partial charge in [-0.2, -0.15) is 0 Å². The number of ether oxygens (including phenoxy) is 3. The lowest BCUT2D eigenvalue weighted by atomic mass is 9.98. The molecule has 0 aromatic heterocycles. The molecule has 1 aliphatic heterocycles. The third-order valence-electron chi connectivity index (χ3n) is 5.01. The van der Waals surface area contributed by atoms with E-state index in [0.29, 0.717) is 19.1 Å². The molecule has 1 heterocycles. The Kier molecular flexibility index (Phi) is 10.1. The van der Waals surface area contributed by atoms with Gasteiger partial charge in [0.25, 0.3) is 0 Å². The molecule has 1 aromatic rings. The molecule has 1 N–H and O–H groups in total. The van der Waals surface area contributed by atoms with Crippen molar-refractivity contribution in [2.75, 3.05) is 40.0 Å². The summed E-state index contributed by atoms with van der Waals surface area (Å²) in [5, 5.41) is 2.87. The molecule has 29 heavy (non-hydrogen) atoms. The van der Waals surface area contributed by atoms with Crippen LogP contribution in [0.25, 0.3) is 0 Å². The number of hydrogen-bond acceptors (Lipinski definition) is 6. The number of nitrogens with zero attached hydrogens (tertiary/aromatic N) is 1. The maximum Gasteiger partial charge on any atom is 0.407 e. The summed E-state index contributed by atoms with van der Waals surface area (Å²) in [7, 11) is 1.67. The highest BCUT2D eigenvalue weighted by molar-refractivity contribution is 7.97. The van der Waals surface area contributed by atoms with Gasteiger partial charge in [-0.05, 0) is 67.8 Å². The highest BCUT2D eigenvalue weighted by Crippen LogP contribution is 2.29. The average molecular weight is 425 g/mol. The van der Waals surface area contributed by atoms with Gasteiger partial charge in [-0.1, -0.05) is 20.8 Å². The van der Waals surface area contributed by atoms with E-state index in [1.807, 2.05) is 12.1 Å². The van der Waals surface area contributed by atoms with Crippen LogP contribution in [-0.2, 0) is 9.47 Å². The number of alkyl carbamates (subject to hydrolysis) is 1. The van der Waals surface area contributed by atoms with Crippen LogP contribution in [0.4, 0.5) is 4.79 Å². The molecule has 164 valence electrons. The Bertz CT molecular complexity index is 603. The fourth-order valence-electron chi connectivity index (χ4n) is 3.31. The minimum atomic E-state index is -0.355. The monoisotopic (exact) mass is 424 g/mol. The van der Waals surface area contributed by atoms with Gasteiger partial charge in [-0.3, -0.25) is 0 Å². The van der Waals surface area contributed by atoms with Gasteiger partial charge < -0.3 is 19.5 Å². The molecule has 1 amide bonds. The van der Waals surface area contributed by atoms with E-state index in [0.717, 1.165) is 51.1 Å². The zero-order valence-corrected chi connectivity index (χ0v) is 19.1. The molecular formula is C22H36N2O4S. The minimum absolute atomic E-state index is 0.277. The van der Waals surface area contributed by atoms with Crippen LogP contribution in [-0.4, -0.2) is 56.0 Å². The highest BCUT2D eigenvalue weighted by atomic mass is 32.2. The average Bonchev–Trinajstić information content (AvgIpc) is 3.19. The van der Waals surface area contributed by atoms with Crippen molar-refractivity contribution >= 4 is 18.0 Å². The number of methoxy groups -OCH3 is 1. The van der Waals surface area contributed by atoms with Crippen LogP contribution in [0, 0.1) is 5.92 Å². The van der Waals surface area contributed by atoms with Gasteiger partial charge in [0, 0.05) is 31.1 Å². The molecule has 0 aliphatic carbocycles. The first-order valence-electron chi connectivity index (χ1n) is 10.6. The van der Waals surface area contributed by atoms with E-state index >= 15 is 0 Å². The normalized spacial score (nSPS) is 19.0. The summed E-state index contributed by atoms with van der Waals surface area (Å²) < 4.78 is 18.8. The Morgan fingerprint density at radius 1 is 1.34 bits per heavy atom. The summed E-state index contributed by atoms with van der Waals surface area (Å²) in [6.45, 7) is 10.1. The molecule has 0 spiro atoms. The third kappa shape index (κ3) is 8.44. The summed E-state index contributed by atoms with van der Waals surface area (Å²) in [6, 6.07) is 8.09. The maximum atomic E-state index is 12.0. The Hall–Kier alpha value is -1.44. The SMILES string of the molecule is CCC1(COC(=O)NCCCN(CC(C)C)Sc2ccc(OC)cc2)CCCO1. The summed E-state index contributed by atoms with van der Waals surface area (Å²) in [5.41, 5.74) is -0.277. The van der Waals surface area contributed by atoms with Crippen molar-refractivity contribution in [2.45, 2.75) is 57.0 Å². The second-order valence-electron chi connectivity index (χ2n) is 7.89. The number of amides is 1. The Morgan fingerprint density at radius 2 is 2.10 bits per heavy atom. The smallest absolute Gasteiger partial charge is 0.407 e. The molecule has 1 aliphatic rings. The molecule has 1 fully saturated rings. The second-order valence-corrected chi connectivity index (χ2v) is 9.06. The van der Waals surface area contributed by atoms with Crippen molar-refractivity contribution in [1.82, 2.24) is 9.62 Å². The van der Waals surface area contributed by atoms with Gasteiger partial charge in [0.1, 0.15) is 18.0 Å². The predicted molar refractivity (Wildman–Crippen MR) is 117 cm³/mol. The van der Waals surface area contributed by atoms with Crippen molar-refractivity contribution in [2.24, 2.45) is 5.92 Å². The first-order valence-corrected chi connectivity index (χ1v) is 11.4. The number of benzene rings is 1. The fourth-order valence-corrected chi connectivity index (χ4v) is 4.46. The predicted octanol–water partition coefficient (Wildman–Crippen LogP) is 4.74. The molecule has 1 unspecified atom stereocenters. The second kappa shape index (κ2) is 12.3. The molecule has 1 aromatic carbocycles. The lowest BCUT2D eigenvalue weighted by Gasteiger charge is -2.26. The van der Waals surface area contributed by atoms with Crippen molar-refractivity contribution < 1.29 is 19.0 Å². The fraction of sp³-hybridized carbons (Fsp3) is 0.682. The molecule has 1 saturated heterocycles. The lowest BCUT2D eigenvalue weighted by Crippen LogP contribution is -2.37. The van der Waals surface area contributed by atoms with Crippen LogP contribution in [0.1, 0.15) is 46.5 Å². The van der Waals surface area contributed by atoms with Crippen LogP contribution in [0.15, 0.2) is 29.2 Å². The minimum Gasteiger partial charge on any atom is -0.497 e. The van der Waals surface area contributed by atoms with Crippen LogP contribution in [0.2, 0.25) is 0 Å². The van der Waals surface area contributed by atoms with Gasteiger partial charge in [0.05, 0.1) is 7.11 Å². The van der Waals surface area contributed by atoms with E-state index in [4.69, 9.17) is 14.2 Å². The summed E-state index contributed by atoms with van der Waals surface area (Å²) in [5.74, 6) is 1.43. The van der Waals surface area contributed by atoms with E-state index in [1.165, 1.54) is 4.90 Å². The number of rotatable bonds is 12. The Morgan fingerprint density at radius 3 is 2.69 bits per heavy atom. The molecule has 0 radical (unpaired) electrons. The topological polar surface area (TPSA) is 60.0 Å². The van der Waals surface area contributed by atoms with Gasteiger partial charge >= 0.3 is 6.09 Å². The molecule has 0 saturated carbocycles. The number of nitrogens with one attached hydrogen (secondary N) is 1. The van der Waals surface area contributed by atoms with E-state index < -0.39 is 0 Å². The summed E-state index contributed by atoms with van der Waals surface area (Å²) in [4.78, 5) is 13.2. The number of carbonyl (C=O) groups is 1. The largest absolute Gasteiger partial charge is 0.497 e. The molecule has 2 rings (SSSR count). The Labute approximate surface area is 179 Å². The van der Waals surface area contributed by atoms with Crippen molar-refractivity contribution in [1.29, 1.82) is 0 Å². The van der Waals surface area contributed by atoms with E-state index in [9.17, 15) is 4.79 Å². The maximum absolute atomic E-state index is 12.0. The standard InChI is InChI=1S/C22H36N2O4S/c1-5-22(12-6-15-28-22)17-27-21(25)23-13-7-14-24(16-18(2)3)29-20-10-8-19(26-4)9-11-20/h8-11,18H,5-7,12-17H2,1-4H3,(H,23,25). The van der Waals surface area contributed by atoms with Crippen molar-refractivity contribution in [3.8, 4) is 5.75 Å². The van der Waals surface area contributed by atoms with Crippen LogP contribution in [0.3, 0.4) is 0 Å². The first-order chi connectivity index (χ1) is 14.0. The van der Waals surface area contributed by atoms with Crippen molar-refractivity contribution in [3.63, 3.8) is 0 Å². The first kappa shape index (κ1) is 23.8. The van der Waals surface area contributed by atoms with Crippen LogP contribution >= 0.6 is 11.9 Å². The molecule has 6 nitrogen and oxygen atoms in total. The number of carbonyl (C=O) groups excluding carboxylic acids is 1. The van der Waals surface area contributed by atoms with Crippen LogP contribution in [0.5, 0.6) is 5.75 Å². The van der Waals surface area contributed by atoms with Crippen LogP contribution < -0.4 is 10.1 Å². The van der Waals surface area contributed by atoms with Gasteiger partial charge in [-0.25, -0.2) is 9.10 Å². The number of hydrogen-bond donors (Lipinski definition) is 1. The quantitative estimate of drug-likeness (QED) is 0.386. The van der Waals surface area contributed by atoms with E-state index in [1.54, 1.807) is 19.1 Å². The summed E-state index contributed by atoms with van der Waals surface area (Å²) in [6.07, 6.45) is 3.37. The van der Waals surface area contributed by atoms with Gasteiger partial charge in [0.2, 0.25) is 0 Å². The lowest BCUT2D eigenvalue weighted by molar-refractivity contribution is -0.0452. The summed E-state index contributed by atoms with van der Waals surface area (Å²) >= 11 is 1.74. The molecule has 7 heteroatoms.